The summed E-state index contributed by atoms with van der Waals surface area (Å²) in [4.78, 5) is 10.8. The van der Waals surface area contributed by atoms with Crippen LogP contribution in [-0.2, 0) is 9.53 Å². The highest BCUT2D eigenvalue weighted by Crippen LogP contribution is 2.11. The fraction of sp³-hybridized carbons (Fsp3) is 0.625. The van der Waals surface area contributed by atoms with Gasteiger partial charge in [-0.05, 0) is 6.08 Å². The van der Waals surface area contributed by atoms with E-state index in [2.05, 4.69) is 18.8 Å². The topological polar surface area (TPSA) is 38.3 Å². The second-order valence-electron chi connectivity index (χ2n) is 2.83. The van der Waals surface area contributed by atoms with Crippen LogP contribution < -0.4 is 5.32 Å². The van der Waals surface area contributed by atoms with Crippen LogP contribution in [0.3, 0.4) is 0 Å². The van der Waals surface area contributed by atoms with Gasteiger partial charge < -0.3 is 10.1 Å². The summed E-state index contributed by atoms with van der Waals surface area (Å²) in [6, 6.07) is 0.167. The predicted octanol–water partition coefficient (Wildman–Crippen LogP) is 0.323. The first-order valence-corrected chi connectivity index (χ1v) is 3.74. The fourth-order valence-electron chi connectivity index (χ4n) is 1.09. The molecule has 0 saturated carbocycles. The number of carbonyl (C=O) groups is 1. The van der Waals surface area contributed by atoms with Gasteiger partial charge in [0.05, 0.1) is 19.3 Å². The zero-order valence-electron chi connectivity index (χ0n) is 6.67. The first kappa shape index (κ1) is 8.27. The van der Waals surface area contributed by atoms with Crippen LogP contribution in [0, 0.1) is 5.92 Å². The number of amides is 1. The first-order valence-electron chi connectivity index (χ1n) is 3.74. The lowest BCUT2D eigenvalue weighted by atomic mass is 10.1. The Kier molecular flexibility index (Phi) is 2.65. The molecule has 0 spiro atoms. The van der Waals surface area contributed by atoms with Crippen molar-refractivity contribution < 1.29 is 9.53 Å². The molecule has 1 heterocycles. The van der Waals surface area contributed by atoms with Crippen molar-refractivity contribution in [3.63, 3.8) is 0 Å². The molecule has 2 atom stereocenters. The summed E-state index contributed by atoms with van der Waals surface area (Å²) < 4.78 is 5.17. The van der Waals surface area contributed by atoms with Crippen LogP contribution in [0.25, 0.3) is 0 Å². The molecule has 0 aromatic carbocycles. The van der Waals surface area contributed by atoms with Crippen molar-refractivity contribution in [2.75, 3.05) is 13.2 Å². The molecule has 0 aromatic rings. The molecule has 1 aliphatic heterocycles. The van der Waals surface area contributed by atoms with Crippen molar-refractivity contribution in [3.8, 4) is 0 Å². The molecule has 0 aliphatic carbocycles. The van der Waals surface area contributed by atoms with Gasteiger partial charge in [-0.15, -0.1) is 0 Å². The lowest BCUT2D eigenvalue weighted by molar-refractivity contribution is -0.117. The Balaban J connectivity index is 2.36. The van der Waals surface area contributed by atoms with E-state index in [1.54, 1.807) is 0 Å². The Morgan fingerprint density at radius 2 is 2.45 bits per heavy atom. The third-order valence-corrected chi connectivity index (χ3v) is 1.88. The monoisotopic (exact) mass is 155 g/mol. The van der Waals surface area contributed by atoms with Crippen molar-refractivity contribution in [3.05, 3.63) is 12.7 Å². The standard InChI is InChI=1S/C8H13NO2/c1-3-8(10)9-7-5-11-4-6(7)2/h3,6-7H,1,4-5H2,2H3,(H,9,10). The molecule has 11 heavy (non-hydrogen) atoms. The Morgan fingerprint density at radius 3 is 2.91 bits per heavy atom. The van der Waals surface area contributed by atoms with E-state index >= 15 is 0 Å². The van der Waals surface area contributed by atoms with Crippen LogP contribution in [0.4, 0.5) is 0 Å². The van der Waals surface area contributed by atoms with E-state index in [-0.39, 0.29) is 11.9 Å². The van der Waals surface area contributed by atoms with Gasteiger partial charge in [0.15, 0.2) is 0 Å². The van der Waals surface area contributed by atoms with Gasteiger partial charge >= 0.3 is 0 Å². The molecule has 1 fully saturated rings. The van der Waals surface area contributed by atoms with Crippen LogP contribution in [0.15, 0.2) is 12.7 Å². The van der Waals surface area contributed by atoms with E-state index in [1.807, 2.05) is 0 Å². The van der Waals surface area contributed by atoms with Crippen LogP contribution >= 0.6 is 0 Å². The summed E-state index contributed by atoms with van der Waals surface area (Å²) in [5.74, 6) is 0.297. The highest BCUT2D eigenvalue weighted by Gasteiger charge is 2.24. The van der Waals surface area contributed by atoms with Gasteiger partial charge in [-0.2, -0.15) is 0 Å². The third-order valence-electron chi connectivity index (χ3n) is 1.88. The smallest absolute Gasteiger partial charge is 0.243 e. The molecule has 1 aliphatic rings. The highest BCUT2D eigenvalue weighted by molar-refractivity contribution is 5.87. The van der Waals surface area contributed by atoms with E-state index < -0.39 is 0 Å². The number of carbonyl (C=O) groups excluding carboxylic acids is 1. The molecule has 2 unspecified atom stereocenters. The molecular formula is C8H13NO2. The van der Waals surface area contributed by atoms with Gasteiger partial charge in [0, 0.05) is 5.92 Å². The molecule has 3 heteroatoms. The van der Waals surface area contributed by atoms with Gasteiger partial charge in [0.1, 0.15) is 0 Å². The number of rotatable bonds is 2. The normalized spacial score (nSPS) is 29.9. The third kappa shape index (κ3) is 2.05. The number of hydrogen-bond donors (Lipinski definition) is 1. The summed E-state index contributed by atoms with van der Waals surface area (Å²) in [5, 5.41) is 2.80. The van der Waals surface area contributed by atoms with Gasteiger partial charge in [-0.25, -0.2) is 0 Å². The summed E-state index contributed by atoms with van der Waals surface area (Å²) in [6.07, 6.45) is 1.28. The summed E-state index contributed by atoms with van der Waals surface area (Å²) in [6.45, 7) is 6.80. The molecule has 1 rings (SSSR count). The summed E-state index contributed by atoms with van der Waals surface area (Å²) in [7, 11) is 0. The molecule has 1 N–H and O–H groups in total. The van der Waals surface area contributed by atoms with Crippen LogP contribution in [-0.4, -0.2) is 25.2 Å². The van der Waals surface area contributed by atoms with Crippen molar-refractivity contribution in [1.29, 1.82) is 0 Å². The van der Waals surface area contributed by atoms with Crippen molar-refractivity contribution in [2.45, 2.75) is 13.0 Å². The maximum absolute atomic E-state index is 10.8. The molecule has 0 bridgehead atoms. The number of hydrogen-bond acceptors (Lipinski definition) is 2. The lowest BCUT2D eigenvalue weighted by Crippen LogP contribution is -2.37. The Labute approximate surface area is 66.4 Å². The molecule has 0 aromatic heterocycles. The average Bonchev–Trinajstić information content (AvgIpc) is 2.37. The quantitative estimate of drug-likeness (QED) is 0.583. The maximum Gasteiger partial charge on any atom is 0.243 e. The average molecular weight is 155 g/mol. The fourth-order valence-corrected chi connectivity index (χ4v) is 1.09. The minimum Gasteiger partial charge on any atom is -0.379 e. The largest absolute Gasteiger partial charge is 0.379 e. The molecule has 1 saturated heterocycles. The second-order valence-corrected chi connectivity index (χ2v) is 2.83. The van der Waals surface area contributed by atoms with Gasteiger partial charge in [0.2, 0.25) is 5.91 Å². The van der Waals surface area contributed by atoms with Gasteiger partial charge in [-0.1, -0.05) is 13.5 Å². The zero-order chi connectivity index (χ0) is 8.27. The van der Waals surface area contributed by atoms with Gasteiger partial charge in [-0.3, -0.25) is 4.79 Å². The Morgan fingerprint density at radius 1 is 1.73 bits per heavy atom. The SMILES string of the molecule is C=CC(=O)NC1COCC1C. The van der Waals surface area contributed by atoms with Crippen molar-refractivity contribution >= 4 is 5.91 Å². The van der Waals surface area contributed by atoms with E-state index in [9.17, 15) is 4.79 Å². The number of ether oxygens (including phenoxy) is 1. The molecule has 3 nitrogen and oxygen atoms in total. The van der Waals surface area contributed by atoms with Crippen molar-refractivity contribution in [2.24, 2.45) is 5.92 Å². The Hall–Kier alpha value is -0.830. The highest BCUT2D eigenvalue weighted by atomic mass is 16.5. The molecule has 62 valence electrons. The molecule has 1 amide bonds. The molecular weight excluding hydrogens is 142 g/mol. The van der Waals surface area contributed by atoms with E-state index in [0.717, 1.165) is 6.61 Å². The first-order chi connectivity index (χ1) is 5.24. The lowest BCUT2D eigenvalue weighted by Gasteiger charge is -2.13. The predicted molar refractivity (Wildman–Crippen MR) is 42.1 cm³/mol. The van der Waals surface area contributed by atoms with E-state index in [1.165, 1.54) is 6.08 Å². The summed E-state index contributed by atoms with van der Waals surface area (Å²) in [5.41, 5.74) is 0. The van der Waals surface area contributed by atoms with Crippen molar-refractivity contribution in [1.82, 2.24) is 5.32 Å². The van der Waals surface area contributed by atoms with E-state index in [4.69, 9.17) is 4.74 Å². The van der Waals surface area contributed by atoms with E-state index in [0.29, 0.717) is 12.5 Å². The molecule has 0 radical (unpaired) electrons. The van der Waals surface area contributed by atoms with Crippen LogP contribution in [0.1, 0.15) is 6.92 Å². The van der Waals surface area contributed by atoms with Gasteiger partial charge in [0.25, 0.3) is 0 Å². The maximum atomic E-state index is 10.8. The Bertz CT molecular complexity index is 167. The minimum absolute atomic E-state index is 0.118. The zero-order valence-corrected chi connectivity index (χ0v) is 6.67. The van der Waals surface area contributed by atoms with Crippen LogP contribution in [0.2, 0.25) is 0 Å². The van der Waals surface area contributed by atoms with Crippen LogP contribution in [0.5, 0.6) is 0 Å². The minimum atomic E-state index is -0.118. The second kappa shape index (κ2) is 3.53. The summed E-state index contributed by atoms with van der Waals surface area (Å²) >= 11 is 0. The number of nitrogens with one attached hydrogen (secondary N) is 1.